The molecule has 0 spiro atoms. The van der Waals surface area contributed by atoms with Crippen LogP contribution in [0.15, 0.2) is 36.5 Å². The average Bonchev–Trinajstić information content (AvgIpc) is 2.71. The Morgan fingerprint density at radius 2 is 1.89 bits per heavy atom. The lowest BCUT2D eigenvalue weighted by molar-refractivity contribution is 0.0688. The summed E-state index contributed by atoms with van der Waals surface area (Å²) in [5, 5.41) is 9.50. The predicted molar refractivity (Wildman–Crippen MR) is 72.1 cm³/mol. The lowest BCUT2D eigenvalue weighted by atomic mass is 10.2. The van der Waals surface area contributed by atoms with Gasteiger partial charge in [0.15, 0.2) is 0 Å². The molecule has 0 unspecified atom stereocenters. The molecule has 18 heavy (non-hydrogen) atoms. The third-order valence-electron chi connectivity index (χ3n) is 2.65. The highest BCUT2D eigenvalue weighted by molar-refractivity contribution is 6.31. The molecule has 5 heteroatoms. The first-order chi connectivity index (χ1) is 8.49. The van der Waals surface area contributed by atoms with Crippen LogP contribution in [-0.4, -0.2) is 29.7 Å². The van der Waals surface area contributed by atoms with Crippen LogP contribution in [0.4, 0.5) is 5.69 Å². The van der Waals surface area contributed by atoms with E-state index in [1.807, 2.05) is 43.3 Å². The SMILES string of the molecule is CN(C)c1ccc(-n2cc(Cl)cc2C(=O)O)cc1. The van der Waals surface area contributed by atoms with Crippen LogP contribution in [0.5, 0.6) is 0 Å². The number of benzene rings is 1. The molecule has 0 amide bonds. The van der Waals surface area contributed by atoms with Crippen molar-refractivity contribution in [3.05, 3.63) is 47.2 Å². The van der Waals surface area contributed by atoms with E-state index in [0.29, 0.717) is 5.02 Å². The molecule has 0 aliphatic carbocycles. The fraction of sp³-hybridized carbons (Fsp3) is 0.154. The lowest BCUT2D eigenvalue weighted by Gasteiger charge is -2.13. The van der Waals surface area contributed by atoms with E-state index in [4.69, 9.17) is 16.7 Å². The maximum absolute atomic E-state index is 11.1. The van der Waals surface area contributed by atoms with Crippen LogP contribution in [0.1, 0.15) is 10.5 Å². The third-order valence-corrected chi connectivity index (χ3v) is 2.86. The van der Waals surface area contributed by atoms with Crippen molar-refractivity contribution in [1.29, 1.82) is 0 Å². The van der Waals surface area contributed by atoms with Gasteiger partial charge in [0.2, 0.25) is 0 Å². The standard InChI is InChI=1S/C13H13ClN2O2/c1-15(2)10-3-5-11(6-4-10)16-8-9(14)7-12(16)13(17)18/h3-8H,1-2H3,(H,17,18). The largest absolute Gasteiger partial charge is 0.477 e. The van der Waals surface area contributed by atoms with Crippen molar-refractivity contribution in [2.75, 3.05) is 19.0 Å². The van der Waals surface area contributed by atoms with Crippen LogP contribution in [0.25, 0.3) is 5.69 Å². The minimum absolute atomic E-state index is 0.151. The molecule has 94 valence electrons. The highest BCUT2D eigenvalue weighted by Gasteiger charge is 2.13. The van der Waals surface area contributed by atoms with Crippen LogP contribution >= 0.6 is 11.6 Å². The lowest BCUT2D eigenvalue weighted by Crippen LogP contribution is -2.09. The second-order valence-corrected chi connectivity index (χ2v) is 4.57. The molecular formula is C13H13ClN2O2. The molecule has 1 aromatic carbocycles. The first-order valence-corrected chi connectivity index (χ1v) is 5.76. The Kier molecular flexibility index (Phi) is 3.30. The number of aromatic nitrogens is 1. The number of hydrogen-bond donors (Lipinski definition) is 1. The minimum atomic E-state index is -1.00. The fourth-order valence-corrected chi connectivity index (χ4v) is 1.92. The summed E-state index contributed by atoms with van der Waals surface area (Å²) in [6.45, 7) is 0. The van der Waals surface area contributed by atoms with Crippen molar-refractivity contribution in [1.82, 2.24) is 4.57 Å². The molecule has 1 N–H and O–H groups in total. The zero-order valence-corrected chi connectivity index (χ0v) is 10.8. The Bertz CT molecular complexity index is 573. The summed E-state index contributed by atoms with van der Waals surface area (Å²) >= 11 is 5.85. The highest BCUT2D eigenvalue weighted by Crippen LogP contribution is 2.21. The Hall–Kier alpha value is -1.94. The van der Waals surface area contributed by atoms with Crippen LogP contribution < -0.4 is 4.90 Å². The average molecular weight is 265 g/mol. The smallest absolute Gasteiger partial charge is 0.352 e. The van der Waals surface area contributed by atoms with E-state index in [1.54, 1.807) is 10.8 Å². The molecule has 0 aliphatic rings. The van der Waals surface area contributed by atoms with E-state index in [9.17, 15) is 4.79 Å². The predicted octanol–water partition coefficient (Wildman–Crippen LogP) is 2.89. The molecule has 1 heterocycles. The van der Waals surface area contributed by atoms with Crippen molar-refractivity contribution in [2.45, 2.75) is 0 Å². The van der Waals surface area contributed by atoms with E-state index in [1.165, 1.54) is 6.07 Å². The zero-order chi connectivity index (χ0) is 13.3. The molecule has 0 saturated carbocycles. The number of carboxylic acids is 1. The van der Waals surface area contributed by atoms with Gasteiger partial charge in [-0.05, 0) is 30.3 Å². The van der Waals surface area contributed by atoms with Crippen LogP contribution in [0, 0.1) is 0 Å². The van der Waals surface area contributed by atoms with Gasteiger partial charge in [0.1, 0.15) is 5.69 Å². The normalized spacial score (nSPS) is 10.4. The summed E-state index contributed by atoms with van der Waals surface area (Å²) in [4.78, 5) is 13.1. The molecule has 0 bridgehead atoms. The molecule has 1 aromatic heterocycles. The van der Waals surface area contributed by atoms with E-state index in [-0.39, 0.29) is 5.69 Å². The number of nitrogens with zero attached hydrogens (tertiary/aromatic N) is 2. The summed E-state index contributed by atoms with van der Waals surface area (Å²) < 4.78 is 1.56. The summed E-state index contributed by atoms with van der Waals surface area (Å²) in [6, 6.07) is 9.00. The quantitative estimate of drug-likeness (QED) is 0.927. The molecular weight excluding hydrogens is 252 g/mol. The number of halogens is 1. The van der Waals surface area contributed by atoms with E-state index in [2.05, 4.69) is 0 Å². The van der Waals surface area contributed by atoms with Gasteiger partial charge < -0.3 is 14.6 Å². The summed E-state index contributed by atoms with van der Waals surface area (Å²) in [6.07, 6.45) is 1.59. The van der Waals surface area contributed by atoms with E-state index in [0.717, 1.165) is 11.4 Å². The topological polar surface area (TPSA) is 45.5 Å². The third kappa shape index (κ3) is 2.33. The molecule has 0 atom stereocenters. The Morgan fingerprint density at radius 3 is 2.39 bits per heavy atom. The highest BCUT2D eigenvalue weighted by atomic mass is 35.5. The molecule has 0 aliphatic heterocycles. The van der Waals surface area contributed by atoms with Gasteiger partial charge in [-0.15, -0.1) is 0 Å². The molecule has 2 rings (SSSR count). The number of anilines is 1. The number of rotatable bonds is 3. The minimum Gasteiger partial charge on any atom is -0.477 e. The monoisotopic (exact) mass is 264 g/mol. The zero-order valence-electron chi connectivity index (χ0n) is 10.1. The van der Waals surface area contributed by atoms with Gasteiger partial charge in [-0.1, -0.05) is 11.6 Å². The van der Waals surface area contributed by atoms with Crippen molar-refractivity contribution >= 4 is 23.3 Å². The van der Waals surface area contributed by atoms with Gasteiger partial charge in [-0.25, -0.2) is 4.79 Å². The maximum atomic E-state index is 11.1. The summed E-state index contributed by atoms with van der Waals surface area (Å²) in [5.41, 5.74) is 1.97. The second kappa shape index (κ2) is 4.74. The summed E-state index contributed by atoms with van der Waals surface area (Å²) in [7, 11) is 3.90. The number of aromatic carboxylic acids is 1. The second-order valence-electron chi connectivity index (χ2n) is 4.13. The molecule has 0 fully saturated rings. The Labute approximate surface area is 110 Å². The van der Waals surface area contributed by atoms with Crippen LogP contribution in [0.3, 0.4) is 0 Å². The van der Waals surface area contributed by atoms with Gasteiger partial charge >= 0.3 is 5.97 Å². The van der Waals surface area contributed by atoms with Crippen molar-refractivity contribution in [3.63, 3.8) is 0 Å². The molecule has 0 saturated heterocycles. The maximum Gasteiger partial charge on any atom is 0.352 e. The molecule has 0 radical (unpaired) electrons. The van der Waals surface area contributed by atoms with E-state index >= 15 is 0 Å². The van der Waals surface area contributed by atoms with Crippen molar-refractivity contribution in [2.24, 2.45) is 0 Å². The number of hydrogen-bond acceptors (Lipinski definition) is 2. The van der Waals surface area contributed by atoms with E-state index < -0.39 is 5.97 Å². The van der Waals surface area contributed by atoms with Crippen LogP contribution in [0.2, 0.25) is 5.02 Å². The molecule has 2 aromatic rings. The Morgan fingerprint density at radius 1 is 1.28 bits per heavy atom. The number of carboxylic acid groups (broad SMARTS) is 1. The van der Waals surface area contributed by atoms with Crippen LogP contribution in [-0.2, 0) is 0 Å². The first kappa shape index (κ1) is 12.5. The molecule has 4 nitrogen and oxygen atoms in total. The summed E-state index contributed by atoms with van der Waals surface area (Å²) in [5.74, 6) is -1.00. The van der Waals surface area contributed by atoms with Gasteiger partial charge in [0, 0.05) is 31.7 Å². The fourth-order valence-electron chi connectivity index (χ4n) is 1.72. The van der Waals surface area contributed by atoms with Gasteiger partial charge in [0.25, 0.3) is 0 Å². The van der Waals surface area contributed by atoms with Gasteiger partial charge in [-0.3, -0.25) is 0 Å². The van der Waals surface area contributed by atoms with Gasteiger partial charge in [-0.2, -0.15) is 0 Å². The number of carbonyl (C=O) groups is 1. The van der Waals surface area contributed by atoms with Crippen molar-refractivity contribution < 1.29 is 9.90 Å². The van der Waals surface area contributed by atoms with Crippen molar-refractivity contribution in [3.8, 4) is 5.69 Å². The first-order valence-electron chi connectivity index (χ1n) is 5.38. The van der Waals surface area contributed by atoms with Gasteiger partial charge in [0.05, 0.1) is 5.02 Å². The Balaban J connectivity index is 2.45.